The zero-order valence-electron chi connectivity index (χ0n) is 9.95. The van der Waals surface area contributed by atoms with Crippen LogP contribution in [0.3, 0.4) is 0 Å². The second-order valence-corrected chi connectivity index (χ2v) is 4.01. The molecule has 1 heterocycles. The number of halogens is 2. The van der Waals surface area contributed by atoms with Crippen molar-refractivity contribution in [2.24, 2.45) is 4.99 Å². The number of carbonyl (C=O) groups excluding carboxylic acids is 1. The molecule has 1 aromatic carbocycles. The fourth-order valence-corrected chi connectivity index (χ4v) is 1.93. The summed E-state index contributed by atoms with van der Waals surface area (Å²) in [6.07, 6.45) is 0.997. The van der Waals surface area contributed by atoms with Gasteiger partial charge in [-0.1, -0.05) is 0 Å². The lowest BCUT2D eigenvalue weighted by atomic mass is 10.1. The van der Waals surface area contributed by atoms with Gasteiger partial charge in [-0.25, -0.2) is 13.6 Å². The number of ether oxygens (including phenoxy) is 1. The van der Waals surface area contributed by atoms with Crippen LogP contribution in [0.1, 0.15) is 25.3 Å². The van der Waals surface area contributed by atoms with Crippen LogP contribution in [0.2, 0.25) is 0 Å². The van der Waals surface area contributed by atoms with Crippen molar-refractivity contribution in [3.63, 3.8) is 0 Å². The molecular weight excluding hydrogens is 240 g/mol. The van der Waals surface area contributed by atoms with Crippen LogP contribution in [0.25, 0.3) is 0 Å². The van der Waals surface area contributed by atoms with E-state index in [0.717, 1.165) is 6.07 Å². The van der Waals surface area contributed by atoms with Crippen LogP contribution in [0.5, 0.6) is 0 Å². The first-order valence-corrected chi connectivity index (χ1v) is 5.80. The fourth-order valence-electron chi connectivity index (χ4n) is 1.93. The lowest BCUT2D eigenvalue weighted by molar-refractivity contribution is -0.144. The van der Waals surface area contributed by atoms with Crippen molar-refractivity contribution in [3.05, 3.63) is 35.4 Å². The van der Waals surface area contributed by atoms with Crippen molar-refractivity contribution in [1.82, 2.24) is 0 Å². The minimum absolute atomic E-state index is 0.253. The van der Waals surface area contributed by atoms with E-state index in [4.69, 9.17) is 4.74 Å². The predicted octanol–water partition coefficient (Wildman–Crippen LogP) is 2.48. The molecule has 0 unspecified atom stereocenters. The summed E-state index contributed by atoms with van der Waals surface area (Å²) in [6.45, 7) is 2.02. The van der Waals surface area contributed by atoms with Gasteiger partial charge in [-0.05, 0) is 31.9 Å². The summed E-state index contributed by atoms with van der Waals surface area (Å²) in [5.41, 5.74) is 0.744. The van der Waals surface area contributed by atoms with Gasteiger partial charge >= 0.3 is 5.97 Å². The number of aliphatic imine (C=N–C) groups is 1. The molecule has 1 aliphatic heterocycles. The lowest BCUT2D eigenvalue weighted by Crippen LogP contribution is -2.18. The molecular formula is C13H13F2NO2. The van der Waals surface area contributed by atoms with Crippen LogP contribution >= 0.6 is 0 Å². The molecule has 5 heteroatoms. The highest BCUT2D eigenvalue weighted by molar-refractivity contribution is 6.03. The van der Waals surface area contributed by atoms with Gasteiger partial charge in [0.05, 0.1) is 6.61 Å². The molecule has 0 saturated carbocycles. The predicted molar refractivity (Wildman–Crippen MR) is 62.6 cm³/mol. The summed E-state index contributed by atoms with van der Waals surface area (Å²) in [6, 6.07) is 2.77. The van der Waals surface area contributed by atoms with Crippen LogP contribution in [-0.2, 0) is 9.53 Å². The number of nitrogens with zero attached hydrogens (tertiary/aromatic N) is 1. The van der Waals surface area contributed by atoms with E-state index in [1.165, 1.54) is 12.1 Å². The molecule has 0 spiro atoms. The van der Waals surface area contributed by atoms with Crippen LogP contribution in [0.4, 0.5) is 8.78 Å². The van der Waals surface area contributed by atoms with E-state index in [-0.39, 0.29) is 5.56 Å². The van der Waals surface area contributed by atoms with Crippen LogP contribution in [-0.4, -0.2) is 24.3 Å². The normalized spacial score (nSPS) is 18.6. The van der Waals surface area contributed by atoms with E-state index in [1.807, 2.05) is 0 Å². The lowest BCUT2D eigenvalue weighted by Gasteiger charge is -2.04. The molecule has 0 fully saturated rings. The smallest absolute Gasteiger partial charge is 0.330 e. The zero-order chi connectivity index (χ0) is 13.1. The van der Waals surface area contributed by atoms with E-state index in [0.29, 0.717) is 25.2 Å². The van der Waals surface area contributed by atoms with Crippen molar-refractivity contribution in [2.45, 2.75) is 25.8 Å². The van der Waals surface area contributed by atoms with E-state index >= 15 is 0 Å². The third-order valence-corrected chi connectivity index (χ3v) is 2.77. The van der Waals surface area contributed by atoms with Crippen LogP contribution < -0.4 is 0 Å². The highest BCUT2D eigenvalue weighted by Gasteiger charge is 2.27. The first kappa shape index (κ1) is 12.7. The molecule has 1 atom stereocenters. The Kier molecular flexibility index (Phi) is 3.69. The van der Waals surface area contributed by atoms with Crippen molar-refractivity contribution in [1.29, 1.82) is 0 Å². The molecule has 0 aliphatic carbocycles. The summed E-state index contributed by atoms with van der Waals surface area (Å²) < 4.78 is 31.2. The molecule has 0 N–H and O–H groups in total. The van der Waals surface area contributed by atoms with Gasteiger partial charge in [0.1, 0.15) is 17.7 Å². The summed E-state index contributed by atoms with van der Waals surface area (Å²) in [4.78, 5) is 15.6. The molecule has 0 bridgehead atoms. The van der Waals surface area contributed by atoms with E-state index in [2.05, 4.69) is 4.99 Å². The maximum Gasteiger partial charge on any atom is 0.330 e. The molecule has 1 aliphatic rings. The van der Waals surface area contributed by atoms with Crippen molar-refractivity contribution in [3.8, 4) is 0 Å². The van der Waals surface area contributed by atoms with Crippen molar-refractivity contribution >= 4 is 11.7 Å². The maximum absolute atomic E-state index is 13.5. The molecule has 0 amide bonds. The molecule has 0 aromatic heterocycles. The highest BCUT2D eigenvalue weighted by Crippen LogP contribution is 2.22. The Bertz CT molecular complexity index is 500. The standard InChI is InChI=1S/C13H13F2NO2/c1-2-18-13(17)12-6-5-11(16-12)9-4-3-8(14)7-10(9)15/h3-4,7,12H,2,5-6H2,1H3/t12-/m1/s1. The highest BCUT2D eigenvalue weighted by atomic mass is 19.1. The SMILES string of the molecule is CCOC(=O)[C@H]1CCC(c2ccc(F)cc2F)=N1. The minimum atomic E-state index is -0.654. The quantitative estimate of drug-likeness (QED) is 0.776. The average molecular weight is 253 g/mol. The third-order valence-electron chi connectivity index (χ3n) is 2.77. The molecule has 0 saturated heterocycles. The Morgan fingerprint density at radius 1 is 1.50 bits per heavy atom. The Balaban J connectivity index is 2.20. The Hall–Kier alpha value is -1.78. The monoisotopic (exact) mass is 253 g/mol. The summed E-state index contributed by atoms with van der Waals surface area (Å²) in [7, 11) is 0. The number of rotatable bonds is 3. The topological polar surface area (TPSA) is 38.7 Å². The van der Waals surface area contributed by atoms with Gasteiger partial charge in [-0.15, -0.1) is 0 Å². The number of esters is 1. The van der Waals surface area contributed by atoms with Gasteiger partial charge in [0.15, 0.2) is 0 Å². The third kappa shape index (κ3) is 2.55. The van der Waals surface area contributed by atoms with Gasteiger partial charge in [-0.3, -0.25) is 4.99 Å². The van der Waals surface area contributed by atoms with Crippen molar-refractivity contribution in [2.75, 3.05) is 6.61 Å². The van der Waals surface area contributed by atoms with Crippen LogP contribution in [0, 0.1) is 11.6 Å². The summed E-state index contributed by atoms with van der Waals surface area (Å²) in [5.74, 6) is -1.68. The summed E-state index contributed by atoms with van der Waals surface area (Å²) >= 11 is 0. The van der Waals surface area contributed by atoms with E-state index < -0.39 is 23.6 Å². The minimum Gasteiger partial charge on any atom is -0.464 e. The van der Waals surface area contributed by atoms with Gasteiger partial charge in [0.2, 0.25) is 0 Å². The largest absolute Gasteiger partial charge is 0.464 e. The maximum atomic E-state index is 13.5. The van der Waals surface area contributed by atoms with Gasteiger partial charge in [-0.2, -0.15) is 0 Å². The van der Waals surface area contributed by atoms with E-state index in [9.17, 15) is 13.6 Å². The van der Waals surface area contributed by atoms with E-state index in [1.54, 1.807) is 6.92 Å². The molecule has 18 heavy (non-hydrogen) atoms. The number of hydrogen-bond acceptors (Lipinski definition) is 3. The Morgan fingerprint density at radius 2 is 2.28 bits per heavy atom. The fraction of sp³-hybridized carbons (Fsp3) is 0.385. The van der Waals surface area contributed by atoms with Crippen LogP contribution in [0.15, 0.2) is 23.2 Å². The molecule has 0 radical (unpaired) electrons. The number of benzene rings is 1. The van der Waals surface area contributed by atoms with Crippen molar-refractivity contribution < 1.29 is 18.3 Å². The van der Waals surface area contributed by atoms with Gasteiger partial charge in [0.25, 0.3) is 0 Å². The molecule has 2 rings (SSSR count). The second-order valence-electron chi connectivity index (χ2n) is 4.01. The number of carbonyl (C=O) groups is 1. The van der Waals surface area contributed by atoms with Gasteiger partial charge in [0, 0.05) is 17.3 Å². The molecule has 96 valence electrons. The molecule has 1 aromatic rings. The number of hydrogen-bond donors (Lipinski definition) is 0. The first-order chi connectivity index (χ1) is 8.61. The first-order valence-electron chi connectivity index (χ1n) is 5.80. The molecule has 3 nitrogen and oxygen atoms in total. The average Bonchev–Trinajstić information content (AvgIpc) is 2.78. The van der Waals surface area contributed by atoms with Gasteiger partial charge < -0.3 is 4.74 Å². The Morgan fingerprint density at radius 3 is 2.94 bits per heavy atom. The zero-order valence-corrected chi connectivity index (χ0v) is 9.95. The second kappa shape index (κ2) is 5.25. The Labute approximate surface area is 103 Å². The summed E-state index contributed by atoms with van der Waals surface area (Å²) in [5, 5.41) is 0.